The van der Waals surface area contributed by atoms with Crippen LogP contribution in [0, 0.1) is 0 Å². The highest BCUT2D eigenvalue weighted by Crippen LogP contribution is 2.24. The number of likely N-dealkylation sites (tertiary alicyclic amines) is 1. The zero-order valence-electron chi connectivity index (χ0n) is 11.3. The molecular weight excluding hydrogens is 276 g/mol. The number of benzene rings is 1. The van der Waals surface area contributed by atoms with E-state index in [1.54, 1.807) is 24.3 Å². The smallest absolute Gasteiger partial charge is 0.292 e. The number of carbonyl (C=O) groups is 2. The molecule has 4 nitrogen and oxygen atoms in total. The number of piperidine rings is 1. The number of hydrogen-bond donors (Lipinski definition) is 1. The maximum absolute atomic E-state index is 12.6. The average Bonchev–Trinajstić information content (AvgIpc) is 2.75. The minimum absolute atomic E-state index is 0.0748. The normalized spacial score (nSPS) is 24.4. The Hall–Kier alpha value is -1.39. The van der Waals surface area contributed by atoms with Crippen LogP contribution in [0.5, 0.6) is 0 Å². The Morgan fingerprint density at radius 1 is 1.15 bits per heavy atom. The summed E-state index contributed by atoms with van der Waals surface area (Å²) in [6.07, 6.45) is 3.84. The van der Waals surface area contributed by atoms with Crippen molar-refractivity contribution in [2.75, 3.05) is 18.0 Å². The number of nitrogens with one attached hydrogen (secondary N) is 1. The number of anilines is 1. The second kappa shape index (κ2) is 5.54. The topological polar surface area (TPSA) is 41.8 Å². The van der Waals surface area contributed by atoms with E-state index in [0.29, 0.717) is 17.1 Å². The van der Waals surface area contributed by atoms with Crippen molar-refractivity contribution in [3.8, 4) is 0 Å². The quantitative estimate of drug-likeness (QED) is 0.828. The molecule has 0 saturated carbocycles. The molecule has 2 amide bonds. The van der Waals surface area contributed by atoms with E-state index in [1.807, 2.05) is 0 Å². The summed E-state index contributed by atoms with van der Waals surface area (Å²) in [5, 5.41) is 0.539. The number of nitrogens with zero attached hydrogens (tertiary/aromatic N) is 1. The fourth-order valence-corrected chi connectivity index (χ4v) is 3.38. The predicted molar refractivity (Wildman–Crippen MR) is 76.9 cm³/mol. The van der Waals surface area contributed by atoms with Crippen molar-refractivity contribution in [1.29, 1.82) is 0 Å². The van der Waals surface area contributed by atoms with Gasteiger partial charge in [0.05, 0.1) is 25.2 Å². The Morgan fingerprint density at radius 3 is 2.60 bits per heavy atom. The van der Waals surface area contributed by atoms with Gasteiger partial charge in [0, 0.05) is 5.02 Å². The van der Waals surface area contributed by atoms with Gasteiger partial charge in [-0.1, -0.05) is 17.7 Å². The summed E-state index contributed by atoms with van der Waals surface area (Å²) in [7, 11) is 0. The Morgan fingerprint density at radius 2 is 1.90 bits per heavy atom. The average molecular weight is 294 g/mol. The molecule has 2 fully saturated rings. The Kier molecular flexibility index (Phi) is 3.76. The highest BCUT2D eigenvalue weighted by Gasteiger charge is 2.45. The van der Waals surface area contributed by atoms with Gasteiger partial charge in [0.15, 0.2) is 6.04 Å². The van der Waals surface area contributed by atoms with Gasteiger partial charge in [-0.25, -0.2) is 4.90 Å². The van der Waals surface area contributed by atoms with Crippen LogP contribution in [0.3, 0.4) is 0 Å². The van der Waals surface area contributed by atoms with Crippen LogP contribution < -0.4 is 9.80 Å². The van der Waals surface area contributed by atoms with E-state index in [2.05, 4.69) is 0 Å². The predicted octanol–water partition coefficient (Wildman–Crippen LogP) is 1.04. The summed E-state index contributed by atoms with van der Waals surface area (Å²) in [4.78, 5) is 27.3. The second-order valence-corrected chi connectivity index (χ2v) is 5.96. The van der Waals surface area contributed by atoms with Gasteiger partial charge in [-0.05, 0) is 37.5 Å². The molecule has 106 valence electrons. The fourth-order valence-electron chi connectivity index (χ4n) is 3.19. The fraction of sp³-hybridized carbons (Fsp3) is 0.467. The molecule has 0 unspecified atom stereocenters. The molecule has 0 bridgehead atoms. The largest absolute Gasteiger partial charge is 0.324 e. The van der Waals surface area contributed by atoms with Crippen LogP contribution in [0.15, 0.2) is 24.3 Å². The SMILES string of the molecule is O=C1C[C@@H]([NH+]2CCCCC2)C(=O)N1c1cccc(Cl)c1. The van der Waals surface area contributed by atoms with Crippen LogP contribution in [0.4, 0.5) is 5.69 Å². The molecule has 0 spiro atoms. The molecule has 2 aliphatic heterocycles. The lowest BCUT2D eigenvalue weighted by atomic mass is 10.1. The third kappa shape index (κ3) is 2.45. The molecule has 3 rings (SSSR count). The minimum Gasteiger partial charge on any atom is -0.324 e. The van der Waals surface area contributed by atoms with E-state index in [9.17, 15) is 9.59 Å². The Bertz CT molecular complexity index is 540. The maximum Gasteiger partial charge on any atom is 0.292 e. The molecule has 0 radical (unpaired) electrons. The van der Waals surface area contributed by atoms with Gasteiger partial charge >= 0.3 is 0 Å². The van der Waals surface area contributed by atoms with E-state index in [0.717, 1.165) is 25.9 Å². The van der Waals surface area contributed by atoms with Crippen LogP contribution in [0.2, 0.25) is 5.02 Å². The van der Waals surface area contributed by atoms with Crippen LogP contribution >= 0.6 is 11.6 Å². The molecule has 5 heteroatoms. The van der Waals surface area contributed by atoms with Gasteiger partial charge in [-0.2, -0.15) is 0 Å². The Balaban J connectivity index is 1.83. The van der Waals surface area contributed by atoms with Gasteiger partial charge in [0.25, 0.3) is 5.91 Å². The van der Waals surface area contributed by atoms with Gasteiger partial charge in [0.1, 0.15) is 0 Å². The molecule has 20 heavy (non-hydrogen) atoms. The first-order chi connectivity index (χ1) is 9.66. The number of rotatable bonds is 2. The summed E-state index contributed by atoms with van der Waals surface area (Å²) in [5.41, 5.74) is 0.589. The first kappa shape index (κ1) is 13.6. The number of hydrogen-bond acceptors (Lipinski definition) is 2. The molecule has 1 aromatic rings. The molecule has 1 atom stereocenters. The van der Waals surface area contributed by atoms with E-state index >= 15 is 0 Å². The summed E-state index contributed by atoms with van der Waals surface area (Å²) in [6.45, 7) is 1.99. The highest BCUT2D eigenvalue weighted by molar-refractivity contribution is 6.31. The number of amides is 2. The van der Waals surface area contributed by atoms with Crippen molar-refractivity contribution in [3.63, 3.8) is 0 Å². The van der Waals surface area contributed by atoms with Crippen molar-refractivity contribution >= 4 is 29.1 Å². The lowest BCUT2D eigenvalue weighted by Gasteiger charge is -2.27. The molecule has 2 aliphatic rings. The summed E-state index contributed by atoms with van der Waals surface area (Å²) < 4.78 is 0. The number of quaternary nitrogens is 1. The number of carbonyl (C=O) groups excluding carboxylic acids is 2. The third-order valence-corrected chi connectivity index (χ3v) is 4.44. The van der Waals surface area contributed by atoms with Gasteiger partial charge < -0.3 is 4.90 Å². The highest BCUT2D eigenvalue weighted by atomic mass is 35.5. The summed E-state index contributed by atoms with van der Waals surface area (Å²) >= 11 is 5.95. The van der Waals surface area contributed by atoms with Gasteiger partial charge in [-0.15, -0.1) is 0 Å². The van der Waals surface area contributed by atoms with Crippen molar-refractivity contribution < 1.29 is 14.5 Å². The molecule has 0 aromatic heterocycles. The van der Waals surface area contributed by atoms with Crippen LogP contribution in [-0.4, -0.2) is 30.9 Å². The molecule has 0 aliphatic carbocycles. The molecule has 2 heterocycles. The second-order valence-electron chi connectivity index (χ2n) is 5.52. The molecule has 1 aromatic carbocycles. The summed E-state index contributed by atoms with van der Waals surface area (Å²) in [5.74, 6) is -0.186. The molecular formula is C15H18ClN2O2+. The van der Waals surface area contributed by atoms with Crippen LogP contribution in [0.1, 0.15) is 25.7 Å². The monoisotopic (exact) mass is 293 g/mol. The van der Waals surface area contributed by atoms with Gasteiger partial charge in [0.2, 0.25) is 5.91 Å². The first-order valence-corrected chi connectivity index (χ1v) is 7.51. The van der Waals surface area contributed by atoms with E-state index in [4.69, 9.17) is 11.6 Å². The van der Waals surface area contributed by atoms with E-state index < -0.39 is 0 Å². The Labute approximate surface area is 123 Å². The van der Waals surface area contributed by atoms with Crippen LogP contribution in [0.25, 0.3) is 0 Å². The number of imide groups is 1. The van der Waals surface area contributed by atoms with Gasteiger partial charge in [-0.3, -0.25) is 9.59 Å². The lowest BCUT2D eigenvalue weighted by Crippen LogP contribution is -3.17. The van der Waals surface area contributed by atoms with Crippen LogP contribution in [-0.2, 0) is 9.59 Å². The molecule has 2 saturated heterocycles. The summed E-state index contributed by atoms with van der Waals surface area (Å²) in [6, 6.07) is 6.73. The van der Waals surface area contributed by atoms with E-state index in [-0.39, 0.29) is 17.9 Å². The van der Waals surface area contributed by atoms with Crippen molar-refractivity contribution in [3.05, 3.63) is 29.3 Å². The lowest BCUT2D eigenvalue weighted by molar-refractivity contribution is -0.919. The van der Waals surface area contributed by atoms with E-state index in [1.165, 1.54) is 16.2 Å². The van der Waals surface area contributed by atoms with Crippen molar-refractivity contribution in [2.24, 2.45) is 0 Å². The zero-order valence-corrected chi connectivity index (χ0v) is 12.0. The third-order valence-electron chi connectivity index (χ3n) is 4.20. The minimum atomic E-state index is -0.207. The standard InChI is InChI=1S/C15H17ClN2O2/c16-11-5-4-6-12(9-11)18-14(19)10-13(15(18)20)17-7-2-1-3-8-17/h4-6,9,13H,1-3,7-8,10H2/p+1/t13-/m1/s1. The number of halogens is 1. The van der Waals surface area contributed by atoms with Crippen molar-refractivity contribution in [2.45, 2.75) is 31.7 Å². The van der Waals surface area contributed by atoms with Crippen molar-refractivity contribution in [1.82, 2.24) is 0 Å². The molecule has 1 N–H and O–H groups in total. The maximum atomic E-state index is 12.6. The zero-order chi connectivity index (χ0) is 14.1. The first-order valence-electron chi connectivity index (χ1n) is 7.14.